The van der Waals surface area contributed by atoms with Gasteiger partial charge < -0.3 is 55.1 Å². The highest BCUT2D eigenvalue weighted by Crippen LogP contribution is 2.33. The molecule has 0 radical (unpaired) electrons. The lowest BCUT2D eigenvalue weighted by molar-refractivity contribution is -0.318. The standard InChI is InChI=1S/C12H22O11/c13-1-4-6(16)7(17)8(18)11(21-4)22-9-5(2-14)23-12(20,3-15)10(9)19/h4-11,13-20H,1-3H2/t4?,5?,6?,7?,8?,9?,10?,11?,12-/m0/s1. The Kier molecular flexibility index (Phi) is 5.92. The molecule has 8 unspecified atom stereocenters. The van der Waals surface area contributed by atoms with Gasteiger partial charge in [0.1, 0.15) is 42.7 Å². The van der Waals surface area contributed by atoms with Crippen molar-refractivity contribution < 1.29 is 55.1 Å². The fourth-order valence-electron chi connectivity index (χ4n) is 2.63. The lowest BCUT2D eigenvalue weighted by Gasteiger charge is -2.41. The molecule has 2 rings (SSSR count). The second-order valence-electron chi connectivity index (χ2n) is 5.58. The first-order chi connectivity index (χ1) is 10.8. The molecule has 2 heterocycles. The molecule has 136 valence electrons. The molecule has 11 nitrogen and oxygen atoms in total. The van der Waals surface area contributed by atoms with Gasteiger partial charge in [-0.05, 0) is 0 Å². The Morgan fingerprint density at radius 2 is 1.48 bits per heavy atom. The number of aliphatic hydroxyl groups is 8. The summed E-state index contributed by atoms with van der Waals surface area (Å²) in [5, 5.41) is 76.5. The Morgan fingerprint density at radius 3 is 2.00 bits per heavy atom. The molecule has 0 aromatic rings. The van der Waals surface area contributed by atoms with Crippen molar-refractivity contribution in [2.75, 3.05) is 19.8 Å². The van der Waals surface area contributed by atoms with Crippen molar-refractivity contribution in [1.29, 1.82) is 0 Å². The van der Waals surface area contributed by atoms with Crippen LogP contribution in [0.15, 0.2) is 0 Å². The number of ether oxygens (including phenoxy) is 3. The van der Waals surface area contributed by atoms with Crippen LogP contribution in [0.4, 0.5) is 0 Å². The van der Waals surface area contributed by atoms with Crippen molar-refractivity contribution in [1.82, 2.24) is 0 Å². The summed E-state index contributed by atoms with van der Waals surface area (Å²) in [7, 11) is 0. The summed E-state index contributed by atoms with van der Waals surface area (Å²) < 4.78 is 15.3. The molecule has 2 fully saturated rings. The van der Waals surface area contributed by atoms with Gasteiger partial charge in [0.25, 0.3) is 0 Å². The minimum absolute atomic E-state index is 0.668. The van der Waals surface area contributed by atoms with Crippen LogP contribution in [0.5, 0.6) is 0 Å². The second kappa shape index (κ2) is 7.21. The average Bonchev–Trinajstić information content (AvgIpc) is 2.80. The third kappa shape index (κ3) is 3.36. The van der Waals surface area contributed by atoms with E-state index in [1.807, 2.05) is 0 Å². The van der Waals surface area contributed by atoms with Crippen molar-refractivity contribution in [2.24, 2.45) is 0 Å². The Morgan fingerprint density at radius 1 is 0.870 bits per heavy atom. The van der Waals surface area contributed by atoms with Crippen LogP contribution >= 0.6 is 0 Å². The maximum Gasteiger partial charge on any atom is 0.219 e. The smallest absolute Gasteiger partial charge is 0.219 e. The van der Waals surface area contributed by atoms with Crippen molar-refractivity contribution in [2.45, 2.75) is 54.8 Å². The quantitative estimate of drug-likeness (QED) is 0.238. The van der Waals surface area contributed by atoms with Crippen LogP contribution in [0.3, 0.4) is 0 Å². The first kappa shape index (κ1) is 18.9. The van der Waals surface area contributed by atoms with E-state index in [9.17, 15) is 30.6 Å². The molecule has 2 aliphatic rings. The lowest BCUT2D eigenvalue weighted by atomic mass is 9.99. The molecule has 0 aromatic heterocycles. The molecule has 2 saturated heterocycles. The number of aliphatic hydroxyl groups excluding tert-OH is 7. The van der Waals surface area contributed by atoms with E-state index in [-0.39, 0.29) is 0 Å². The van der Waals surface area contributed by atoms with E-state index in [4.69, 9.17) is 24.4 Å². The molecule has 0 bridgehead atoms. The number of hydrogen-bond donors (Lipinski definition) is 8. The molecule has 11 heteroatoms. The summed E-state index contributed by atoms with van der Waals surface area (Å²) in [5.74, 6) is -2.37. The summed E-state index contributed by atoms with van der Waals surface area (Å²) in [6.07, 6.45) is -12.2. The molecule has 0 spiro atoms. The fourth-order valence-corrected chi connectivity index (χ4v) is 2.63. The maximum absolute atomic E-state index is 10.00. The van der Waals surface area contributed by atoms with Crippen molar-refractivity contribution >= 4 is 0 Å². The molecule has 23 heavy (non-hydrogen) atoms. The Hall–Kier alpha value is -0.440. The highest BCUT2D eigenvalue weighted by atomic mass is 16.7. The molecule has 0 saturated carbocycles. The van der Waals surface area contributed by atoms with Crippen LogP contribution in [0.1, 0.15) is 0 Å². The first-order valence-electron chi connectivity index (χ1n) is 7.05. The lowest BCUT2D eigenvalue weighted by Crippen LogP contribution is -2.60. The van der Waals surface area contributed by atoms with Gasteiger partial charge in [0.15, 0.2) is 6.29 Å². The van der Waals surface area contributed by atoms with Crippen LogP contribution in [0, 0.1) is 0 Å². The van der Waals surface area contributed by atoms with E-state index in [2.05, 4.69) is 0 Å². The van der Waals surface area contributed by atoms with E-state index >= 15 is 0 Å². The van der Waals surface area contributed by atoms with E-state index in [0.29, 0.717) is 0 Å². The minimum atomic E-state index is -2.37. The maximum atomic E-state index is 10.00. The van der Waals surface area contributed by atoms with Crippen LogP contribution < -0.4 is 0 Å². The second-order valence-corrected chi connectivity index (χ2v) is 5.58. The van der Waals surface area contributed by atoms with Gasteiger partial charge in [-0.1, -0.05) is 0 Å². The van der Waals surface area contributed by atoms with E-state index in [0.717, 1.165) is 0 Å². The monoisotopic (exact) mass is 342 g/mol. The van der Waals surface area contributed by atoms with Gasteiger partial charge in [-0.3, -0.25) is 0 Å². The van der Waals surface area contributed by atoms with E-state index in [1.165, 1.54) is 0 Å². The summed E-state index contributed by atoms with van der Waals surface area (Å²) in [6, 6.07) is 0. The average molecular weight is 342 g/mol. The molecule has 0 aliphatic carbocycles. The van der Waals surface area contributed by atoms with Crippen LogP contribution in [0.2, 0.25) is 0 Å². The Balaban J connectivity index is 2.13. The third-order valence-electron chi connectivity index (χ3n) is 4.04. The first-order valence-corrected chi connectivity index (χ1v) is 7.05. The van der Waals surface area contributed by atoms with Gasteiger partial charge in [0, 0.05) is 0 Å². The summed E-state index contributed by atoms with van der Waals surface area (Å²) in [5.41, 5.74) is 0. The van der Waals surface area contributed by atoms with E-state index < -0.39 is 74.6 Å². The predicted molar refractivity (Wildman–Crippen MR) is 68.6 cm³/mol. The van der Waals surface area contributed by atoms with Gasteiger partial charge >= 0.3 is 0 Å². The molecular weight excluding hydrogens is 320 g/mol. The zero-order valence-electron chi connectivity index (χ0n) is 12.0. The zero-order valence-corrected chi connectivity index (χ0v) is 12.0. The summed E-state index contributed by atoms with van der Waals surface area (Å²) >= 11 is 0. The van der Waals surface area contributed by atoms with Crippen molar-refractivity contribution in [3.05, 3.63) is 0 Å². The van der Waals surface area contributed by atoms with Crippen LogP contribution in [0.25, 0.3) is 0 Å². The minimum Gasteiger partial charge on any atom is -0.394 e. The Bertz CT molecular complexity index is 393. The van der Waals surface area contributed by atoms with E-state index in [1.54, 1.807) is 0 Å². The number of hydrogen-bond acceptors (Lipinski definition) is 11. The van der Waals surface area contributed by atoms with Gasteiger partial charge in [-0.2, -0.15) is 0 Å². The van der Waals surface area contributed by atoms with Gasteiger partial charge in [-0.15, -0.1) is 0 Å². The number of rotatable bonds is 5. The predicted octanol–water partition coefficient (Wildman–Crippen LogP) is -5.40. The molecular formula is C12H22O11. The molecule has 2 aliphatic heterocycles. The van der Waals surface area contributed by atoms with Crippen molar-refractivity contribution in [3.63, 3.8) is 0 Å². The van der Waals surface area contributed by atoms with Crippen molar-refractivity contribution in [3.8, 4) is 0 Å². The fraction of sp³-hybridized carbons (Fsp3) is 1.00. The molecule has 0 amide bonds. The van der Waals surface area contributed by atoms with Crippen LogP contribution in [-0.2, 0) is 14.2 Å². The molecule has 0 aromatic carbocycles. The molecule has 9 atom stereocenters. The van der Waals surface area contributed by atoms with Crippen LogP contribution in [-0.4, -0.2) is 115 Å². The largest absolute Gasteiger partial charge is 0.394 e. The zero-order chi connectivity index (χ0) is 17.4. The Labute approximate surface area is 130 Å². The topological polar surface area (TPSA) is 190 Å². The normalized spacial score (nSPS) is 51.1. The van der Waals surface area contributed by atoms with Gasteiger partial charge in [-0.25, -0.2) is 0 Å². The van der Waals surface area contributed by atoms with Gasteiger partial charge in [0.2, 0.25) is 5.79 Å². The summed E-state index contributed by atoms with van der Waals surface area (Å²) in [4.78, 5) is 0. The van der Waals surface area contributed by atoms with Gasteiger partial charge in [0.05, 0.1) is 19.8 Å². The summed E-state index contributed by atoms with van der Waals surface area (Å²) in [6.45, 7) is -2.32. The third-order valence-corrected chi connectivity index (χ3v) is 4.04. The molecule has 8 N–H and O–H groups in total. The highest BCUT2D eigenvalue weighted by Gasteiger charge is 2.56. The highest BCUT2D eigenvalue weighted by molar-refractivity contribution is 4.98. The SMILES string of the molecule is OCC1OC(OC2C(CO)O[C@@](O)(CO)C2O)C(O)C(O)C1O.